The van der Waals surface area contributed by atoms with Crippen LogP contribution in [0.25, 0.3) is 11.1 Å². The SMILES string of the molecule is [CH2]Cc1ccc2oc(=O)[nH]c2c1. The topological polar surface area (TPSA) is 46.0 Å². The zero-order chi connectivity index (χ0) is 8.55. The van der Waals surface area contributed by atoms with Crippen molar-refractivity contribution in [1.29, 1.82) is 0 Å². The number of nitrogens with one attached hydrogen (secondary N) is 1. The van der Waals surface area contributed by atoms with Gasteiger partial charge in [-0.05, 0) is 31.0 Å². The molecule has 0 spiro atoms. The largest absolute Gasteiger partial charge is 0.417 e. The van der Waals surface area contributed by atoms with E-state index in [1.165, 1.54) is 0 Å². The average molecular weight is 162 g/mol. The van der Waals surface area contributed by atoms with Crippen LogP contribution in [-0.4, -0.2) is 4.98 Å². The Morgan fingerprint density at radius 2 is 2.33 bits per heavy atom. The first-order valence-electron chi connectivity index (χ1n) is 3.70. The molecule has 1 radical (unpaired) electrons. The minimum atomic E-state index is -0.411. The minimum absolute atomic E-state index is 0.411. The Hall–Kier alpha value is -1.51. The molecule has 0 fully saturated rings. The fraction of sp³-hybridized carbons (Fsp3) is 0.111. The first kappa shape index (κ1) is 7.16. The summed E-state index contributed by atoms with van der Waals surface area (Å²) in [6.45, 7) is 3.75. The quantitative estimate of drug-likeness (QED) is 0.690. The van der Waals surface area contributed by atoms with Gasteiger partial charge in [-0.1, -0.05) is 6.07 Å². The highest BCUT2D eigenvalue weighted by Crippen LogP contribution is 2.11. The smallest absolute Gasteiger partial charge is 0.408 e. The molecule has 0 aliphatic carbocycles. The molecule has 1 heterocycles. The highest BCUT2D eigenvalue weighted by atomic mass is 16.4. The Kier molecular flexibility index (Phi) is 1.50. The maximum Gasteiger partial charge on any atom is 0.417 e. The summed E-state index contributed by atoms with van der Waals surface area (Å²) >= 11 is 0. The molecule has 1 aromatic carbocycles. The van der Waals surface area contributed by atoms with E-state index in [9.17, 15) is 4.79 Å². The van der Waals surface area contributed by atoms with Crippen LogP contribution >= 0.6 is 0 Å². The van der Waals surface area contributed by atoms with Gasteiger partial charge in [0.05, 0.1) is 5.52 Å². The van der Waals surface area contributed by atoms with E-state index < -0.39 is 5.76 Å². The molecule has 0 aliphatic heterocycles. The van der Waals surface area contributed by atoms with Gasteiger partial charge in [0, 0.05) is 0 Å². The van der Waals surface area contributed by atoms with Gasteiger partial charge in [0.15, 0.2) is 5.58 Å². The maximum absolute atomic E-state index is 10.8. The van der Waals surface area contributed by atoms with Gasteiger partial charge in [0.1, 0.15) is 0 Å². The van der Waals surface area contributed by atoms with Crippen LogP contribution in [0.5, 0.6) is 0 Å². The van der Waals surface area contributed by atoms with E-state index >= 15 is 0 Å². The summed E-state index contributed by atoms with van der Waals surface area (Å²) in [7, 11) is 0. The van der Waals surface area contributed by atoms with Gasteiger partial charge in [-0.2, -0.15) is 0 Å². The van der Waals surface area contributed by atoms with Crippen molar-refractivity contribution < 1.29 is 4.42 Å². The van der Waals surface area contributed by atoms with Crippen LogP contribution in [0.1, 0.15) is 5.56 Å². The number of aromatic nitrogens is 1. The molecule has 3 nitrogen and oxygen atoms in total. The summed E-state index contributed by atoms with van der Waals surface area (Å²) in [4.78, 5) is 13.3. The van der Waals surface area contributed by atoms with Crippen LogP contribution < -0.4 is 5.76 Å². The number of H-pyrrole nitrogens is 1. The molecular weight excluding hydrogens is 154 g/mol. The van der Waals surface area contributed by atoms with E-state index in [-0.39, 0.29) is 0 Å². The molecule has 0 saturated heterocycles. The monoisotopic (exact) mass is 162 g/mol. The molecule has 1 N–H and O–H groups in total. The third-order valence-corrected chi connectivity index (χ3v) is 1.77. The Morgan fingerprint density at radius 1 is 1.50 bits per heavy atom. The Labute approximate surface area is 69.0 Å². The first-order chi connectivity index (χ1) is 5.79. The van der Waals surface area contributed by atoms with Crippen LogP contribution in [0.2, 0.25) is 0 Å². The molecule has 0 unspecified atom stereocenters. The number of hydrogen-bond donors (Lipinski definition) is 1. The highest BCUT2D eigenvalue weighted by Gasteiger charge is 1.99. The van der Waals surface area contributed by atoms with E-state index in [0.717, 1.165) is 11.1 Å². The molecule has 12 heavy (non-hydrogen) atoms. The summed E-state index contributed by atoms with van der Waals surface area (Å²) in [6.07, 6.45) is 0.711. The van der Waals surface area contributed by atoms with E-state index in [2.05, 4.69) is 11.9 Å². The summed E-state index contributed by atoms with van der Waals surface area (Å²) in [5, 5.41) is 0. The van der Waals surface area contributed by atoms with Crippen molar-refractivity contribution in [3.05, 3.63) is 41.2 Å². The predicted octanol–water partition coefficient (Wildman–Crippen LogP) is 1.50. The van der Waals surface area contributed by atoms with Crippen molar-refractivity contribution in [3.8, 4) is 0 Å². The normalized spacial score (nSPS) is 10.8. The van der Waals surface area contributed by atoms with Crippen molar-refractivity contribution >= 4 is 11.1 Å². The van der Waals surface area contributed by atoms with Gasteiger partial charge >= 0.3 is 5.76 Å². The zero-order valence-electron chi connectivity index (χ0n) is 6.46. The molecular formula is C9H8NO2. The summed E-state index contributed by atoms with van der Waals surface area (Å²) < 4.78 is 4.84. The van der Waals surface area contributed by atoms with Gasteiger partial charge in [-0.25, -0.2) is 4.79 Å². The molecule has 0 amide bonds. The fourth-order valence-electron chi connectivity index (χ4n) is 1.15. The lowest BCUT2D eigenvalue weighted by molar-refractivity contribution is 0.555. The number of fused-ring (bicyclic) bond motifs is 1. The maximum atomic E-state index is 10.8. The fourth-order valence-corrected chi connectivity index (χ4v) is 1.15. The van der Waals surface area contributed by atoms with Gasteiger partial charge < -0.3 is 4.42 Å². The minimum Gasteiger partial charge on any atom is -0.408 e. The molecule has 0 bridgehead atoms. The van der Waals surface area contributed by atoms with Crippen LogP contribution in [0, 0.1) is 6.92 Å². The van der Waals surface area contributed by atoms with Crippen LogP contribution in [0.15, 0.2) is 27.4 Å². The summed E-state index contributed by atoms with van der Waals surface area (Å²) in [6, 6.07) is 5.53. The molecule has 61 valence electrons. The van der Waals surface area contributed by atoms with Crippen LogP contribution in [0.3, 0.4) is 0 Å². The van der Waals surface area contributed by atoms with Crippen LogP contribution in [-0.2, 0) is 6.42 Å². The molecule has 0 saturated carbocycles. The average Bonchev–Trinajstić information content (AvgIpc) is 2.43. The van der Waals surface area contributed by atoms with Gasteiger partial charge in [0.25, 0.3) is 0 Å². The lowest BCUT2D eigenvalue weighted by Gasteiger charge is -1.92. The first-order valence-corrected chi connectivity index (χ1v) is 3.70. The van der Waals surface area contributed by atoms with Gasteiger partial charge in [-0.3, -0.25) is 4.98 Å². The molecule has 3 heteroatoms. The van der Waals surface area contributed by atoms with E-state index in [4.69, 9.17) is 4.42 Å². The number of oxazole rings is 1. The van der Waals surface area contributed by atoms with Crippen molar-refractivity contribution in [2.24, 2.45) is 0 Å². The standard InChI is InChI=1S/C9H8NO2/c1-2-6-3-4-8-7(5-6)10-9(11)12-8/h3-5H,1-2H2,(H,10,11). The van der Waals surface area contributed by atoms with Gasteiger partial charge in [0.2, 0.25) is 0 Å². The Morgan fingerprint density at radius 3 is 3.08 bits per heavy atom. The van der Waals surface area contributed by atoms with E-state index in [1.54, 1.807) is 6.07 Å². The van der Waals surface area contributed by atoms with E-state index in [1.807, 2.05) is 12.1 Å². The van der Waals surface area contributed by atoms with Crippen molar-refractivity contribution in [2.75, 3.05) is 0 Å². The Bertz CT molecular complexity index is 453. The molecule has 0 aliphatic rings. The predicted molar refractivity (Wildman–Crippen MR) is 45.9 cm³/mol. The number of benzene rings is 1. The van der Waals surface area contributed by atoms with Crippen molar-refractivity contribution in [3.63, 3.8) is 0 Å². The Balaban J connectivity index is 2.74. The second kappa shape index (κ2) is 2.52. The zero-order valence-corrected chi connectivity index (χ0v) is 6.46. The van der Waals surface area contributed by atoms with Crippen molar-refractivity contribution in [2.45, 2.75) is 6.42 Å². The number of hydrogen-bond acceptors (Lipinski definition) is 2. The molecule has 2 rings (SSSR count). The summed E-state index contributed by atoms with van der Waals surface area (Å²) in [5.74, 6) is -0.411. The summed E-state index contributed by atoms with van der Waals surface area (Å²) in [5.41, 5.74) is 2.41. The third-order valence-electron chi connectivity index (χ3n) is 1.77. The molecule has 1 aromatic heterocycles. The third kappa shape index (κ3) is 1.03. The lowest BCUT2D eigenvalue weighted by Crippen LogP contribution is -1.92. The van der Waals surface area contributed by atoms with E-state index in [0.29, 0.717) is 12.0 Å². The number of aromatic amines is 1. The highest BCUT2D eigenvalue weighted by molar-refractivity contribution is 5.72. The molecule has 2 aromatic rings. The number of rotatable bonds is 1. The second-order valence-electron chi connectivity index (χ2n) is 2.60. The lowest BCUT2D eigenvalue weighted by atomic mass is 10.1. The molecule has 0 atom stereocenters. The van der Waals surface area contributed by atoms with Crippen molar-refractivity contribution in [1.82, 2.24) is 4.98 Å². The second-order valence-corrected chi connectivity index (χ2v) is 2.60. The van der Waals surface area contributed by atoms with Gasteiger partial charge in [-0.15, -0.1) is 0 Å². The van der Waals surface area contributed by atoms with Crippen LogP contribution in [0.4, 0.5) is 0 Å².